The number of aliphatic hydroxyl groups excluding tert-OH is 1. The van der Waals surface area contributed by atoms with Gasteiger partial charge in [-0.3, -0.25) is 0 Å². The first-order chi connectivity index (χ1) is 5.34. The van der Waals surface area contributed by atoms with Crippen LogP contribution in [0, 0.1) is 17.8 Å². The molecule has 1 heterocycles. The molecule has 0 radical (unpaired) electrons. The SMILES string of the molecule is CCC#C[C@@H]1CCCO[C@@H]1O. The second kappa shape index (κ2) is 4.38. The molecule has 0 spiro atoms. The summed E-state index contributed by atoms with van der Waals surface area (Å²) in [5.74, 6) is 6.00. The molecule has 11 heavy (non-hydrogen) atoms. The van der Waals surface area contributed by atoms with Crippen molar-refractivity contribution < 1.29 is 9.84 Å². The third kappa shape index (κ3) is 2.53. The maximum absolute atomic E-state index is 9.27. The van der Waals surface area contributed by atoms with Crippen LogP contribution in [0.3, 0.4) is 0 Å². The number of hydrogen-bond donors (Lipinski definition) is 1. The average Bonchev–Trinajstić information content (AvgIpc) is 2.03. The molecule has 1 aliphatic heterocycles. The van der Waals surface area contributed by atoms with Crippen LogP contribution in [0.2, 0.25) is 0 Å². The lowest BCUT2D eigenvalue weighted by molar-refractivity contribution is -0.144. The number of hydrogen-bond acceptors (Lipinski definition) is 2. The Labute approximate surface area is 67.6 Å². The van der Waals surface area contributed by atoms with Crippen LogP contribution in [-0.4, -0.2) is 18.0 Å². The maximum atomic E-state index is 9.27. The van der Waals surface area contributed by atoms with Crippen molar-refractivity contribution in [2.45, 2.75) is 32.5 Å². The van der Waals surface area contributed by atoms with Gasteiger partial charge in [0.2, 0.25) is 0 Å². The van der Waals surface area contributed by atoms with Crippen molar-refractivity contribution in [1.29, 1.82) is 0 Å². The van der Waals surface area contributed by atoms with E-state index < -0.39 is 6.29 Å². The van der Waals surface area contributed by atoms with E-state index in [2.05, 4.69) is 11.8 Å². The van der Waals surface area contributed by atoms with E-state index in [-0.39, 0.29) is 5.92 Å². The summed E-state index contributed by atoms with van der Waals surface area (Å²) in [6.45, 7) is 2.68. The van der Waals surface area contributed by atoms with Crippen molar-refractivity contribution in [3.63, 3.8) is 0 Å². The topological polar surface area (TPSA) is 29.5 Å². The minimum atomic E-state index is -0.650. The van der Waals surface area contributed by atoms with E-state index in [9.17, 15) is 5.11 Å². The molecule has 0 aromatic rings. The first kappa shape index (κ1) is 8.58. The summed E-state index contributed by atoms with van der Waals surface area (Å²) >= 11 is 0. The molecule has 1 saturated heterocycles. The van der Waals surface area contributed by atoms with Gasteiger partial charge in [-0.05, 0) is 12.8 Å². The van der Waals surface area contributed by atoms with E-state index in [0.29, 0.717) is 6.61 Å². The van der Waals surface area contributed by atoms with Gasteiger partial charge in [0.05, 0.1) is 5.92 Å². The molecule has 2 heteroatoms. The standard InChI is InChI=1S/C9H14O2/c1-2-3-5-8-6-4-7-11-9(8)10/h8-10H,2,4,6-7H2,1H3/t8-,9+/m1/s1. The van der Waals surface area contributed by atoms with Gasteiger partial charge in [0.25, 0.3) is 0 Å². The van der Waals surface area contributed by atoms with Gasteiger partial charge in [0.15, 0.2) is 6.29 Å². The van der Waals surface area contributed by atoms with E-state index in [1.165, 1.54) is 0 Å². The second-order valence-corrected chi connectivity index (χ2v) is 2.68. The summed E-state index contributed by atoms with van der Waals surface area (Å²) in [7, 11) is 0. The third-order valence-corrected chi connectivity index (χ3v) is 1.76. The van der Waals surface area contributed by atoms with Crippen LogP contribution in [0.25, 0.3) is 0 Å². The predicted octanol–water partition coefficient (Wildman–Crippen LogP) is 1.14. The fourth-order valence-corrected chi connectivity index (χ4v) is 1.14. The largest absolute Gasteiger partial charge is 0.367 e. The van der Waals surface area contributed by atoms with Crippen molar-refractivity contribution in [2.24, 2.45) is 5.92 Å². The Kier molecular flexibility index (Phi) is 3.41. The summed E-state index contributed by atoms with van der Waals surface area (Å²) in [6.07, 6.45) is 2.18. The number of aliphatic hydroxyl groups is 1. The molecule has 0 aliphatic carbocycles. The molecule has 1 rings (SSSR count). The highest BCUT2D eigenvalue weighted by Crippen LogP contribution is 2.17. The van der Waals surface area contributed by atoms with Crippen LogP contribution >= 0.6 is 0 Å². The molecule has 0 saturated carbocycles. The normalized spacial score (nSPS) is 30.7. The van der Waals surface area contributed by atoms with E-state index in [0.717, 1.165) is 19.3 Å². The van der Waals surface area contributed by atoms with E-state index in [4.69, 9.17) is 4.74 Å². The van der Waals surface area contributed by atoms with Gasteiger partial charge in [-0.1, -0.05) is 12.8 Å². The molecule has 2 atom stereocenters. The predicted molar refractivity (Wildman–Crippen MR) is 42.7 cm³/mol. The van der Waals surface area contributed by atoms with Gasteiger partial charge < -0.3 is 9.84 Å². The zero-order valence-corrected chi connectivity index (χ0v) is 6.84. The highest BCUT2D eigenvalue weighted by molar-refractivity contribution is 5.04. The van der Waals surface area contributed by atoms with Gasteiger partial charge in [0.1, 0.15) is 0 Å². The van der Waals surface area contributed by atoms with Crippen LogP contribution in [0.4, 0.5) is 0 Å². The number of ether oxygens (including phenoxy) is 1. The van der Waals surface area contributed by atoms with Crippen molar-refractivity contribution in [1.82, 2.24) is 0 Å². The average molecular weight is 154 g/mol. The Morgan fingerprint density at radius 1 is 1.64 bits per heavy atom. The first-order valence-corrected chi connectivity index (χ1v) is 4.12. The van der Waals surface area contributed by atoms with E-state index >= 15 is 0 Å². The molecule has 0 unspecified atom stereocenters. The zero-order chi connectivity index (χ0) is 8.10. The Morgan fingerprint density at radius 3 is 3.09 bits per heavy atom. The van der Waals surface area contributed by atoms with Gasteiger partial charge in [-0.25, -0.2) is 0 Å². The molecule has 0 aromatic carbocycles. The van der Waals surface area contributed by atoms with Crippen LogP contribution < -0.4 is 0 Å². The Hall–Kier alpha value is -0.520. The zero-order valence-electron chi connectivity index (χ0n) is 6.84. The van der Waals surface area contributed by atoms with Crippen molar-refractivity contribution >= 4 is 0 Å². The molecule has 62 valence electrons. The van der Waals surface area contributed by atoms with E-state index in [1.807, 2.05) is 6.92 Å². The number of rotatable bonds is 0. The minimum absolute atomic E-state index is 0.0451. The highest BCUT2D eigenvalue weighted by Gasteiger charge is 2.21. The van der Waals surface area contributed by atoms with Gasteiger partial charge in [-0.2, -0.15) is 0 Å². The van der Waals surface area contributed by atoms with Crippen LogP contribution in [0.5, 0.6) is 0 Å². The summed E-state index contributed by atoms with van der Waals surface area (Å²) in [5, 5.41) is 9.27. The lowest BCUT2D eigenvalue weighted by Crippen LogP contribution is -2.27. The van der Waals surface area contributed by atoms with Crippen LogP contribution in [-0.2, 0) is 4.74 Å². The first-order valence-electron chi connectivity index (χ1n) is 4.12. The Balaban J connectivity index is 2.41. The summed E-state index contributed by atoms with van der Waals surface area (Å²) in [4.78, 5) is 0. The molecule has 1 N–H and O–H groups in total. The molecule has 1 fully saturated rings. The summed E-state index contributed by atoms with van der Waals surface area (Å²) < 4.78 is 5.04. The fourth-order valence-electron chi connectivity index (χ4n) is 1.14. The molecule has 0 aromatic heterocycles. The lowest BCUT2D eigenvalue weighted by Gasteiger charge is -2.23. The molecule has 2 nitrogen and oxygen atoms in total. The Bertz CT molecular complexity index is 166. The summed E-state index contributed by atoms with van der Waals surface area (Å²) in [6, 6.07) is 0. The third-order valence-electron chi connectivity index (χ3n) is 1.76. The molecular weight excluding hydrogens is 140 g/mol. The van der Waals surface area contributed by atoms with Crippen molar-refractivity contribution in [3.8, 4) is 11.8 Å². The minimum Gasteiger partial charge on any atom is -0.367 e. The smallest absolute Gasteiger partial charge is 0.168 e. The lowest BCUT2D eigenvalue weighted by atomic mass is 10.0. The van der Waals surface area contributed by atoms with E-state index in [1.54, 1.807) is 0 Å². The molecular formula is C9H14O2. The molecule has 0 bridgehead atoms. The van der Waals surface area contributed by atoms with Crippen LogP contribution in [0.15, 0.2) is 0 Å². The van der Waals surface area contributed by atoms with Crippen molar-refractivity contribution in [2.75, 3.05) is 6.61 Å². The van der Waals surface area contributed by atoms with Gasteiger partial charge >= 0.3 is 0 Å². The molecule has 1 aliphatic rings. The quantitative estimate of drug-likeness (QED) is 0.530. The van der Waals surface area contributed by atoms with Gasteiger partial charge in [0, 0.05) is 13.0 Å². The van der Waals surface area contributed by atoms with Crippen LogP contribution in [0.1, 0.15) is 26.2 Å². The van der Waals surface area contributed by atoms with Gasteiger partial charge in [-0.15, -0.1) is 5.92 Å². The molecule has 0 amide bonds. The second-order valence-electron chi connectivity index (χ2n) is 2.68. The Morgan fingerprint density at radius 2 is 2.45 bits per heavy atom. The highest BCUT2D eigenvalue weighted by atomic mass is 16.6. The monoisotopic (exact) mass is 154 g/mol. The van der Waals surface area contributed by atoms with Crippen molar-refractivity contribution in [3.05, 3.63) is 0 Å². The fraction of sp³-hybridized carbons (Fsp3) is 0.778. The summed E-state index contributed by atoms with van der Waals surface area (Å²) in [5.41, 5.74) is 0. The maximum Gasteiger partial charge on any atom is 0.168 e.